The number of amides is 1. The van der Waals surface area contributed by atoms with Crippen LogP contribution in [0.15, 0.2) is 29.3 Å². The summed E-state index contributed by atoms with van der Waals surface area (Å²) in [6.45, 7) is 2.60. The summed E-state index contributed by atoms with van der Waals surface area (Å²) in [5, 5.41) is 0.620. The van der Waals surface area contributed by atoms with Gasteiger partial charge in [0, 0.05) is 17.4 Å². The maximum Gasteiger partial charge on any atom is 0.252 e. The van der Waals surface area contributed by atoms with Gasteiger partial charge in [-0.3, -0.25) is 4.79 Å². The van der Waals surface area contributed by atoms with E-state index in [2.05, 4.69) is 4.99 Å². The molecule has 130 valence electrons. The van der Waals surface area contributed by atoms with E-state index in [0.717, 1.165) is 5.56 Å². The summed E-state index contributed by atoms with van der Waals surface area (Å²) in [5.41, 5.74) is 0.795. The van der Waals surface area contributed by atoms with Crippen LogP contribution in [0.5, 0.6) is 5.75 Å². The van der Waals surface area contributed by atoms with Gasteiger partial charge in [-0.25, -0.2) is 8.42 Å². The van der Waals surface area contributed by atoms with Gasteiger partial charge in [-0.1, -0.05) is 30.0 Å². The van der Waals surface area contributed by atoms with E-state index in [9.17, 15) is 13.2 Å². The molecule has 1 amide bonds. The van der Waals surface area contributed by atoms with Crippen molar-refractivity contribution in [2.75, 3.05) is 25.2 Å². The van der Waals surface area contributed by atoms with Crippen molar-refractivity contribution in [3.63, 3.8) is 0 Å². The Bertz CT molecular complexity index is 776. The Labute approximate surface area is 146 Å². The van der Waals surface area contributed by atoms with Crippen molar-refractivity contribution in [1.29, 1.82) is 0 Å². The number of ether oxygens (including phenoxy) is 1. The minimum Gasteiger partial charge on any atom is -0.496 e. The molecule has 6 nitrogen and oxygen atoms in total. The largest absolute Gasteiger partial charge is 0.496 e. The standard InChI is InChI=1S/C16H20N2O4S2/c1-3-18-12-9-24(20,21)10-14(12)23-16(18)17-15(19)8-11-6-4-5-7-13(11)22-2/h4-7,12,14H,3,8-10H2,1-2H3/t12-,14-/m1/s1. The van der Waals surface area contributed by atoms with Gasteiger partial charge in [-0.2, -0.15) is 4.99 Å². The molecule has 2 aliphatic rings. The van der Waals surface area contributed by atoms with Crippen LogP contribution >= 0.6 is 11.8 Å². The van der Waals surface area contributed by atoms with Crippen molar-refractivity contribution in [3.8, 4) is 5.75 Å². The van der Waals surface area contributed by atoms with Crippen molar-refractivity contribution >= 4 is 32.7 Å². The smallest absolute Gasteiger partial charge is 0.252 e. The van der Waals surface area contributed by atoms with Crippen LogP contribution < -0.4 is 4.74 Å². The Morgan fingerprint density at radius 3 is 2.83 bits per heavy atom. The van der Waals surface area contributed by atoms with E-state index in [-0.39, 0.29) is 35.1 Å². The predicted molar refractivity (Wildman–Crippen MR) is 95.3 cm³/mol. The molecule has 0 aliphatic carbocycles. The lowest BCUT2D eigenvalue weighted by atomic mass is 10.1. The van der Waals surface area contributed by atoms with Gasteiger partial charge >= 0.3 is 0 Å². The second-order valence-corrected chi connectivity index (χ2v) is 9.22. The minimum atomic E-state index is -2.98. The van der Waals surface area contributed by atoms with E-state index >= 15 is 0 Å². The Balaban J connectivity index is 1.75. The summed E-state index contributed by atoms with van der Waals surface area (Å²) in [5.74, 6) is 0.736. The van der Waals surface area contributed by atoms with Crippen LogP contribution in [0.1, 0.15) is 12.5 Å². The van der Waals surface area contributed by atoms with Gasteiger partial charge in [0.1, 0.15) is 5.75 Å². The fourth-order valence-electron chi connectivity index (χ4n) is 3.16. The first kappa shape index (κ1) is 17.3. The molecule has 2 heterocycles. The van der Waals surface area contributed by atoms with Crippen molar-refractivity contribution < 1.29 is 17.9 Å². The van der Waals surface area contributed by atoms with Gasteiger partial charge in [0.2, 0.25) is 0 Å². The van der Waals surface area contributed by atoms with Gasteiger partial charge in [0.05, 0.1) is 31.1 Å². The first-order chi connectivity index (χ1) is 11.4. The van der Waals surface area contributed by atoms with E-state index in [1.165, 1.54) is 11.8 Å². The normalized spacial score (nSPS) is 26.6. The van der Waals surface area contributed by atoms with E-state index < -0.39 is 9.84 Å². The SMILES string of the molecule is CCN1C(=NC(=O)Cc2ccccc2OC)S[C@@H]2CS(=O)(=O)C[C@H]21. The quantitative estimate of drug-likeness (QED) is 0.799. The zero-order valence-electron chi connectivity index (χ0n) is 13.6. The van der Waals surface area contributed by atoms with Crippen molar-refractivity contribution in [1.82, 2.24) is 4.90 Å². The number of carbonyl (C=O) groups is 1. The lowest BCUT2D eigenvalue weighted by Gasteiger charge is -2.22. The molecule has 1 aromatic carbocycles. The molecule has 0 radical (unpaired) electrons. The number of hydrogen-bond donors (Lipinski definition) is 0. The first-order valence-electron chi connectivity index (χ1n) is 7.80. The molecule has 2 fully saturated rings. The molecular weight excluding hydrogens is 348 g/mol. The van der Waals surface area contributed by atoms with Gasteiger partial charge < -0.3 is 9.64 Å². The summed E-state index contributed by atoms with van der Waals surface area (Å²) in [4.78, 5) is 18.5. The number of methoxy groups -OCH3 is 1. The Hall–Kier alpha value is -1.54. The van der Waals surface area contributed by atoms with Crippen LogP contribution in [-0.2, 0) is 21.1 Å². The molecule has 0 bridgehead atoms. The van der Waals surface area contributed by atoms with Gasteiger partial charge in [-0.05, 0) is 13.0 Å². The molecule has 0 N–H and O–H groups in total. The topological polar surface area (TPSA) is 76.0 Å². The summed E-state index contributed by atoms with van der Waals surface area (Å²) in [7, 11) is -1.41. The molecule has 1 aromatic rings. The van der Waals surface area contributed by atoms with E-state index in [1.807, 2.05) is 36.1 Å². The third-order valence-electron chi connectivity index (χ3n) is 4.27. The summed E-state index contributed by atoms with van der Waals surface area (Å²) < 4.78 is 28.8. The Morgan fingerprint density at radius 2 is 2.12 bits per heavy atom. The number of rotatable bonds is 4. The molecule has 2 aliphatic heterocycles. The van der Waals surface area contributed by atoms with Crippen LogP contribution in [0.4, 0.5) is 0 Å². The second kappa shape index (κ2) is 6.76. The van der Waals surface area contributed by atoms with Crippen LogP contribution in [-0.4, -0.2) is 60.8 Å². The van der Waals surface area contributed by atoms with Gasteiger partial charge in [0.25, 0.3) is 5.91 Å². The average molecular weight is 368 g/mol. The molecule has 0 unspecified atom stereocenters. The molecule has 0 aromatic heterocycles. The highest BCUT2D eigenvalue weighted by Crippen LogP contribution is 2.37. The zero-order chi connectivity index (χ0) is 17.3. The maximum absolute atomic E-state index is 12.3. The van der Waals surface area contributed by atoms with E-state index in [0.29, 0.717) is 17.5 Å². The lowest BCUT2D eigenvalue weighted by molar-refractivity contribution is -0.117. The van der Waals surface area contributed by atoms with Crippen LogP contribution in [0, 0.1) is 0 Å². The fraction of sp³-hybridized carbons (Fsp3) is 0.500. The fourth-order valence-corrected chi connectivity index (χ4v) is 7.20. The van der Waals surface area contributed by atoms with Gasteiger partial charge in [0.15, 0.2) is 15.0 Å². The summed E-state index contributed by atoms with van der Waals surface area (Å²) >= 11 is 1.41. The second-order valence-electron chi connectivity index (χ2n) is 5.86. The van der Waals surface area contributed by atoms with Crippen LogP contribution in [0.2, 0.25) is 0 Å². The number of aliphatic imine (C=N–C) groups is 1. The Morgan fingerprint density at radius 1 is 1.38 bits per heavy atom. The van der Waals surface area contributed by atoms with E-state index in [1.54, 1.807) is 7.11 Å². The summed E-state index contributed by atoms with van der Waals surface area (Å²) in [6.07, 6.45) is 0.166. The molecule has 3 rings (SSSR count). The monoisotopic (exact) mass is 368 g/mol. The number of hydrogen-bond acceptors (Lipinski definition) is 5. The molecule has 0 spiro atoms. The Kier molecular flexibility index (Phi) is 4.87. The van der Waals surface area contributed by atoms with Crippen molar-refractivity contribution in [3.05, 3.63) is 29.8 Å². The zero-order valence-corrected chi connectivity index (χ0v) is 15.3. The number of benzene rings is 1. The van der Waals surface area contributed by atoms with Crippen molar-refractivity contribution in [2.24, 2.45) is 4.99 Å². The number of sulfone groups is 1. The van der Waals surface area contributed by atoms with Crippen LogP contribution in [0.25, 0.3) is 0 Å². The van der Waals surface area contributed by atoms with Crippen LogP contribution in [0.3, 0.4) is 0 Å². The molecule has 0 saturated carbocycles. The number of para-hydroxylation sites is 1. The number of thioether (sulfide) groups is 1. The lowest BCUT2D eigenvalue weighted by Crippen LogP contribution is -2.37. The summed E-state index contributed by atoms with van der Waals surface area (Å²) in [6, 6.07) is 7.30. The van der Waals surface area contributed by atoms with Crippen molar-refractivity contribution in [2.45, 2.75) is 24.6 Å². The molecular formula is C16H20N2O4S2. The highest BCUT2D eigenvalue weighted by Gasteiger charge is 2.48. The average Bonchev–Trinajstić information content (AvgIpc) is 2.98. The molecule has 2 saturated heterocycles. The number of amidine groups is 1. The third kappa shape index (κ3) is 3.44. The molecule has 24 heavy (non-hydrogen) atoms. The maximum atomic E-state index is 12.3. The third-order valence-corrected chi connectivity index (χ3v) is 7.52. The van der Waals surface area contributed by atoms with Gasteiger partial charge in [-0.15, -0.1) is 0 Å². The predicted octanol–water partition coefficient (Wildman–Crippen LogP) is 1.35. The minimum absolute atomic E-state index is 0.0206. The molecule has 2 atom stereocenters. The highest BCUT2D eigenvalue weighted by molar-refractivity contribution is 8.15. The number of carbonyl (C=O) groups excluding carboxylic acids is 1. The van der Waals surface area contributed by atoms with E-state index in [4.69, 9.17) is 4.74 Å². The molecule has 8 heteroatoms. The number of nitrogens with zero attached hydrogens (tertiary/aromatic N) is 2. The highest BCUT2D eigenvalue weighted by atomic mass is 32.2. The number of fused-ring (bicyclic) bond motifs is 1. The first-order valence-corrected chi connectivity index (χ1v) is 10.5.